The van der Waals surface area contributed by atoms with Gasteiger partial charge in [-0.1, -0.05) is 95.3 Å². The largest absolute Gasteiger partial charge is 0.240 e. The van der Waals surface area contributed by atoms with Crippen LogP contribution in [0.5, 0.6) is 0 Å². The van der Waals surface area contributed by atoms with E-state index < -0.39 is 0 Å². The third-order valence-corrected chi connectivity index (χ3v) is 7.27. The van der Waals surface area contributed by atoms with Crippen LogP contribution < -0.4 is 0 Å². The molecule has 0 bridgehead atoms. The molecule has 162 valence electrons. The first-order valence-corrected chi connectivity index (χ1v) is 11.7. The van der Waals surface area contributed by atoms with Gasteiger partial charge in [0.2, 0.25) is 0 Å². The molecule has 0 atom stereocenters. The summed E-state index contributed by atoms with van der Waals surface area (Å²) in [7, 11) is 0. The van der Waals surface area contributed by atoms with Crippen LogP contribution in [0.4, 0.5) is 0 Å². The summed E-state index contributed by atoms with van der Waals surface area (Å²) in [5, 5.41) is 5.01. The molecule has 0 N–H and O–H groups in total. The molecule has 0 saturated heterocycles. The van der Waals surface area contributed by atoms with Gasteiger partial charge in [0, 0.05) is 16.5 Å². The van der Waals surface area contributed by atoms with Crippen LogP contribution in [0.1, 0.15) is 51.4 Å². The van der Waals surface area contributed by atoms with E-state index in [9.17, 15) is 0 Å². The molecule has 0 radical (unpaired) electrons. The third kappa shape index (κ3) is 2.94. The van der Waals surface area contributed by atoms with Gasteiger partial charge in [0.15, 0.2) is 0 Å². The summed E-state index contributed by atoms with van der Waals surface area (Å²) in [6, 6.07) is 26.7. The van der Waals surface area contributed by atoms with Gasteiger partial charge in [-0.05, 0) is 55.8 Å². The minimum atomic E-state index is -0.170. The van der Waals surface area contributed by atoms with Crippen molar-refractivity contribution in [2.45, 2.75) is 45.4 Å². The Morgan fingerprint density at radius 2 is 1.42 bits per heavy atom. The van der Waals surface area contributed by atoms with E-state index in [1.54, 1.807) is 6.33 Å². The molecule has 1 aliphatic carbocycles. The van der Waals surface area contributed by atoms with Gasteiger partial charge >= 0.3 is 0 Å². The predicted molar refractivity (Wildman–Crippen MR) is 139 cm³/mol. The standard InChI is InChI=1S/C31H28N2/c1-30(2,3)22-13-14-23-21(15-22)11-8-12-24(23)28-27-25-16-19-9-6-7-10-20(19)17-26(25)31(4,5)29(27)33-18-32-28/h6-18H,1-5H3. The number of rotatable bonds is 1. The Bertz CT molecular complexity index is 1570. The van der Waals surface area contributed by atoms with Crippen LogP contribution in [0.3, 0.4) is 0 Å². The Morgan fingerprint density at radius 3 is 2.18 bits per heavy atom. The number of benzene rings is 4. The van der Waals surface area contributed by atoms with Gasteiger partial charge in [0.05, 0.1) is 11.4 Å². The Kier molecular flexibility index (Phi) is 4.11. The van der Waals surface area contributed by atoms with E-state index in [-0.39, 0.29) is 10.8 Å². The molecule has 2 heteroatoms. The zero-order valence-corrected chi connectivity index (χ0v) is 19.9. The van der Waals surface area contributed by atoms with Gasteiger partial charge in [-0.2, -0.15) is 0 Å². The van der Waals surface area contributed by atoms with E-state index in [1.165, 1.54) is 49.4 Å². The van der Waals surface area contributed by atoms with Crippen molar-refractivity contribution < 1.29 is 0 Å². The first kappa shape index (κ1) is 20.1. The van der Waals surface area contributed by atoms with E-state index in [0.717, 1.165) is 11.4 Å². The highest BCUT2D eigenvalue weighted by Gasteiger charge is 2.39. The number of fused-ring (bicyclic) bond motifs is 5. The lowest BCUT2D eigenvalue weighted by atomic mass is 9.84. The third-order valence-electron chi connectivity index (χ3n) is 7.27. The molecule has 4 aromatic carbocycles. The summed E-state index contributed by atoms with van der Waals surface area (Å²) in [6.07, 6.45) is 1.74. The van der Waals surface area contributed by atoms with Gasteiger partial charge in [-0.3, -0.25) is 0 Å². The topological polar surface area (TPSA) is 25.8 Å². The van der Waals surface area contributed by atoms with Gasteiger partial charge < -0.3 is 0 Å². The highest BCUT2D eigenvalue weighted by Crippen LogP contribution is 2.52. The monoisotopic (exact) mass is 428 g/mol. The zero-order chi connectivity index (χ0) is 23.0. The van der Waals surface area contributed by atoms with Gasteiger partial charge in [-0.25, -0.2) is 9.97 Å². The lowest BCUT2D eigenvalue weighted by molar-refractivity contribution is 0.591. The maximum absolute atomic E-state index is 4.88. The van der Waals surface area contributed by atoms with E-state index >= 15 is 0 Å². The van der Waals surface area contributed by atoms with Crippen molar-refractivity contribution in [3.05, 3.63) is 95.9 Å². The smallest absolute Gasteiger partial charge is 0.116 e. The van der Waals surface area contributed by atoms with Crippen molar-refractivity contribution in [3.8, 4) is 22.4 Å². The quantitative estimate of drug-likeness (QED) is 0.270. The normalized spacial score (nSPS) is 14.5. The minimum absolute atomic E-state index is 0.115. The molecular formula is C31H28N2. The lowest BCUT2D eigenvalue weighted by Crippen LogP contribution is -2.17. The van der Waals surface area contributed by atoms with Crippen molar-refractivity contribution in [2.75, 3.05) is 0 Å². The molecule has 0 unspecified atom stereocenters. The molecule has 0 saturated carbocycles. The maximum Gasteiger partial charge on any atom is 0.116 e. The van der Waals surface area contributed by atoms with Crippen LogP contribution in [-0.4, -0.2) is 9.97 Å². The van der Waals surface area contributed by atoms with Crippen molar-refractivity contribution in [2.24, 2.45) is 0 Å². The second-order valence-electron chi connectivity index (χ2n) is 10.8. The van der Waals surface area contributed by atoms with Crippen LogP contribution in [0.25, 0.3) is 43.9 Å². The summed E-state index contributed by atoms with van der Waals surface area (Å²) in [4.78, 5) is 9.69. The molecule has 1 aliphatic rings. The molecular weight excluding hydrogens is 400 g/mol. The number of hydrogen-bond acceptors (Lipinski definition) is 2. The van der Waals surface area contributed by atoms with Crippen molar-refractivity contribution >= 4 is 21.5 Å². The summed E-state index contributed by atoms with van der Waals surface area (Å²) < 4.78 is 0. The number of nitrogens with zero attached hydrogens (tertiary/aromatic N) is 2. The zero-order valence-electron chi connectivity index (χ0n) is 19.9. The highest BCUT2D eigenvalue weighted by atomic mass is 14.9. The fourth-order valence-corrected chi connectivity index (χ4v) is 5.37. The van der Waals surface area contributed by atoms with Crippen LogP contribution in [0.15, 0.2) is 79.1 Å². The second-order valence-corrected chi connectivity index (χ2v) is 10.8. The summed E-state index contributed by atoms with van der Waals surface area (Å²) in [5.74, 6) is 0. The first-order valence-electron chi connectivity index (χ1n) is 11.7. The van der Waals surface area contributed by atoms with Gasteiger partial charge in [-0.15, -0.1) is 0 Å². The average Bonchev–Trinajstić information content (AvgIpc) is 3.03. The average molecular weight is 429 g/mol. The molecule has 5 aromatic rings. The number of aromatic nitrogens is 2. The molecule has 33 heavy (non-hydrogen) atoms. The lowest BCUT2D eigenvalue weighted by Gasteiger charge is -2.21. The van der Waals surface area contributed by atoms with E-state index in [2.05, 4.69) is 107 Å². The minimum Gasteiger partial charge on any atom is -0.240 e. The molecule has 2 nitrogen and oxygen atoms in total. The van der Waals surface area contributed by atoms with Crippen LogP contribution in [0.2, 0.25) is 0 Å². The predicted octanol–water partition coefficient (Wildman–Crippen LogP) is 8.05. The number of hydrogen-bond donors (Lipinski definition) is 0. The Morgan fingerprint density at radius 1 is 0.697 bits per heavy atom. The molecule has 0 fully saturated rings. The fraction of sp³-hybridized carbons (Fsp3) is 0.226. The Labute approximate surface area is 195 Å². The fourth-order valence-electron chi connectivity index (χ4n) is 5.37. The summed E-state index contributed by atoms with van der Waals surface area (Å²) in [6.45, 7) is 11.3. The van der Waals surface area contributed by atoms with Crippen molar-refractivity contribution in [1.29, 1.82) is 0 Å². The Balaban J connectivity index is 1.65. The molecule has 1 aromatic heterocycles. The van der Waals surface area contributed by atoms with Crippen LogP contribution in [0, 0.1) is 0 Å². The molecule has 0 amide bonds. The summed E-state index contributed by atoms with van der Waals surface area (Å²) in [5.41, 5.74) is 8.36. The molecule has 6 rings (SSSR count). The van der Waals surface area contributed by atoms with E-state index in [0.29, 0.717) is 0 Å². The van der Waals surface area contributed by atoms with Crippen molar-refractivity contribution in [1.82, 2.24) is 9.97 Å². The van der Waals surface area contributed by atoms with Gasteiger partial charge in [0.1, 0.15) is 6.33 Å². The van der Waals surface area contributed by atoms with E-state index in [4.69, 9.17) is 9.97 Å². The first-order chi connectivity index (χ1) is 15.7. The Hall–Kier alpha value is -3.52. The van der Waals surface area contributed by atoms with Crippen molar-refractivity contribution in [3.63, 3.8) is 0 Å². The van der Waals surface area contributed by atoms with E-state index in [1.807, 2.05) is 0 Å². The SMILES string of the molecule is CC(C)(C)c1ccc2c(-c3ncnc4c3-c3cc5ccccc5cc3C4(C)C)cccc2c1. The maximum atomic E-state index is 4.88. The second kappa shape index (κ2) is 6.74. The van der Waals surface area contributed by atoms with Gasteiger partial charge in [0.25, 0.3) is 0 Å². The molecule has 0 aliphatic heterocycles. The molecule has 0 spiro atoms. The summed E-state index contributed by atoms with van der Waals surface area (Å²) >= 11 is 0. The molecule has 1 heterocycles. The van der Waals surface area contributed by atoms with Crippen LogP contribution in [-0.2, 0) is 10.8 Å². The van der Waals surface area contributed by atoms with Crippen LogP contribution >= 0.6 is 0 Å². The highest BCUT2D eigenvalue weighted by molar-refractivity contribution is 6.03.